The molecule has 0 saturated carbocycles. The fraction of sp³-hybridized carbons (Fsp3) is 0.375. The molecule has 0 spiro atoms. The third-order valence-corrected chi connectivity index (χ3v) is 4.86. The first-order valence-electron chi connectivity index (χ1n) is 6.65. The molecule has 1 aromatic carbocycles. The minimum atomic E-state index is -0.453. The molecule has 1 aliphatic carbocycles. The van der Waals surface area contributed by atoms with Crippen LogP contribution in [0.4, 0.5) is 0 Å². The zero-order valence-corrected chi connectivity index (χ0v) is 11.5. The molecule has 1 N–H and O–H groups in total. The largest absolute Gasteiger partial charge is 0.383 e. The van der Waals surface area contributed by atoms with Gasteiger partial charge in [-0.2, -0.15) is 0 Å². The van der Waals surface area contributed by atoms with Crippen molar-refractivity contribution in [3.05, 3.63) is 56.8 Å². The molecule has 0 amide bonds. The van der Waals surface area contributed by atoms with Crippen LogP contribution in [-0.2, 0) is 19.3 Å². The van der Waals surface area contributed by atoms with E-state index in [0.29, 0.717) is 0 Å². The maximum atomic E-state index is 10.5. The molecule has 1 atom stereocenters. The molecule has 3 rings (SSSR count). The van der Waals surface area contributed by atoms with E-state index in [1.165, 1.54) is 36.0 Å². The van der Waals surface area contributed by atoms with Crippen LogP contribution in [0, 0.1) is 0 Å². The van der Waals surface area contributed by atoms with Crippen molar-refractivity contribution in [1.29, 1.82) is 0 Å². The van der Waals surface area contributed by atoms with Gasteiger partial charge in [-0.25, -0.2) is 0 Å². The van der Waals surface area contributed by atoms with Gasteiger partial charge in [-0.3, -0.25) is 0 Å². The van der Waals surface area contributed by atoms with Crippen molar-refractivity contribution in [3.63, 3.8) is 0 Å². The van der Waals surface area contributed by atoms with Crippen LogP contribution in [0.5, 0.6) is 0 Å². The van der Waals surface area contributed by atoms with E-state index in [2.05, 4.69) is 36.6 Å². The van der Waals surface area contributed by atoms with Crippen molar-refractivity contribution in [2.45, 2.75) is 38.7 Å². The predicted octanol–water partition coefficient (Wildman–Crippen LogP) is 3.88. The summed E-state index contributed by atoms with van der Waals surface area (Å²) in [6, 6.07) is 8.61. The maximum Gasteiger partial charge on any atom is 0.113 e. The van der Waals surface area contributed by atoms with E-state index in [0.717, 1.165) is 16.9 Å². The van der Waals surface area contributed by atoms with Gasteiger partial charge in [0.15, 0.2) is 0 Å². The Hall–Kier alpha value is -1.12. The van der Waals surface area contributed by atoms with Gasteiger partial charge in [0, 0.05) is 4.88 Å². The summed E-state index contributed by atoms with van der Waals surface area (Å²) in [5, 5.41) is 12.6. The van der Waals surface area contributed by atoms with E-state index < -0.39 is 6.10 Å². The van der Waals surface area contributed by atoms with Gasteiger partial charge in [-0.1, -0.05) is 25.1 Å². The van der Waals surface area contributed by atoms with E-state index in [9.17, 15) is 5.11 Å². The van der Waals surface area contributed by atoms with Gasteiger partial charge in [0.05, 0.1) is 0 Å². The molecule has 18 heavy (non-hydrogen) atoms. The SMILES string of the molecule is CCc1ccsc1C(O)c1ccc2c(c1)CCC2. The van der Waals surface area contributed by atoms with Crippen molar-refractivity contribution >= 4 is 11.3 Å². The molecule has 1 aliphatic rings. The summed E-state index contributed by atoms with van der Waals surface area (Å²) in [6.07, 6.45) is 4.16. The second-order valence-electron chi connectivity index (χ2n) is 4.95. The summed E-state index contributed by atoms with van der Waals surface area (Å²) in [6.45, 7) is 2.14. The summed E-state index contributed by atoms with van der Waals surface area (Å²) in [5.41, 5.74) is 5.22. The monoisotopic (exact) mass is 258 g/mol. The van der Waals surface area contributed by atoms with Crippen molar-refractivity contribution in [2.75, 3.05) is 0 Å². The van der Waals surface area contributed by atoms with Crippen LogP contribution >= 0.6 is 11.3 Å². The van der Waals surface area contributed by atoms with Crippen molar-refractivity contribution in [2.24, 2.45) is 0 Å². The van der Waals surface area contributed by atoms with E-state index >= 15 is 0 Å². The Balaban J connectivity index is 1.95. The lowest BCUT2D eigenvalue weighted by Gasteiger charge is -2.13. The number of thiophene rings is 1. The Morgan fingerprint density at radius 3 is 2.89 bits per heavy atom. The lowest BCUT2D eigenvalue weighted by atomic mass is 10.00. The number of fused-ring (bicyclic) bond motifs is 1. The van der Waals surface area contributed by atoms with Crippen molar-refractivity contribution in [3.8, 4) is 0 Å². The molecule has 2 heteroatoms. The summed E-state index contributed by atoms with van der Waals surface area (Å²) in [7, 11) is 0. The Kier molecular flexibility index (Phi) is 3.23. The number of benzene rings is 1. The van der Waals surface area contributed by atoms with Crippen molar-refractivity contribution < 1.29 is 5.11 Å². The van der Waals surface area contributed by atoms with Gasteiger partial charge < -0.3 is 5.11 Å². The van der Waals surface area contributed by atoms with Crippen LogP contribution in [0.2, 0.25) is 0 Å². The van der Waals surface area contributed by atoms with Gasteiger partial charge in [0.25, 0.3) is 0 Å². The Bertz CT molecular complexity index is 556. The second-order valence-corrected chi connectivity index (χ2v) is 5.90. The number of aliphatic hydroxyl groups excluding tert-OH is 1. The summed E-state index contributed by atoms with van der Waals surface area (Å²) < 4.78 is 0. The van der Waals surface area contributed by atoms with Crippen LogP contribution in [0.3, 0.4) is 0 Å². The highest BCUT2D eigenvalue weighted by Crippen LogP contribution is 2.32. The molecule has 2 aromatic rings. The van der Waals surface area contributed by atoms with Gasteiger partial charge in [0.2, 0.25) is 0 Å². The molecule has 94 valence electrons. The zero-order chi connectivity index (χ0) is 12.5. The number of hydrogen-bond acceptors (Lipinski definition) is 2. The highest BCUT2D eigenvalue weighted by molar-refractivity contribution is 7.10. The second kappa shape index (κ2) is 4.87. The molecule has 0 radical (unpaired) electrons. The fourth-order valence-corrected chi connectivity index (χ4v) is 3.80. The van der Waals surface area contributed by atoms with Gasteiger partial charge in [-0.15, -0.1) is 11.3 Å². The van der Waals surface area contributed by atoms with Crippen LogP contribution in [0.15, 0.2) is 29.6 Å². The van der Waals surface area contributed by atoms with Gasteiger partial charge >= 0.3 is 0 Å². The summed E-state index contributed by atoms with van der Waals surface area (Å²) in [5.74, 6) is 0. The van der Waals surface area contributed by atoms with Crippen LogP contribution in [0.1, 0.15) is 46.6 Å². The van der Waals surface area contributed by atoms with E-state index in [-0.39, 0.29) is 0 Å². The van der Waals surface area contributed by atoms with Crippen LogP contribution in [-0.4, -0.2) is 5.11 Å². The van der Waals surface area contributed by atoms with Crippen molar-refractivity contribution in [1.82, 2.24) is 0 Å². The van der Waals surface area contributed by atoms with E-state index in [1.807, 2.05) is 0 Å². The Morgan fingerprint density at radius 1 is 1.22 bits per heavy atom. The lowest BCUT2D eigenvalue weighted by molar-refractivity contribution is 0.223. The minimum Gasteiger partial charge on any atom is -0.383 e. The molecular formula is C16H18OS. The van der Waals surface area contributed by atoms with Gasteiger partial charge in [-0.05, 0) is 59.4 Å². The summed E-state index contributed by atoms with van der Waals surface area (Å²) in [4.78, 5) is 1.11. The maximum absolute atomic E-state index is 10.5. The molecular weight excluding hydrogens is 240 g/mol. The zero-order valence-electron chi connectivity index (χ0n) is 10.6. The topological polar surface area (TPSA) is 20.2 Å². The highest BCUT2D eigenvalue weighted by Gasteiger charge is 2.18. The molecule has 1 aromatic heterocycles. The average molecular weight is 258 g/mol. The molecule has 0 saturated heterocycles. The fourth-order valence-electron chi connectivity index (χ4n) is 2.79. The number of aliphatic hydroxyl groups is 1. The van der Waals surface area contributed by atoms with E-state index in [1.54, 1.807) is 11.3 Å². The smallest absolute Gasteiger partial charge is 0.113 e. The minimum absolute atomic E-state index is 0.453. The number of hydrogen-bond donors (Lipinski definition) is 1. The average Bonchev–Trinajstić information content (AvgIpc) is 3.05. The summed E-state index contributed by atoms with van der Waals surface area (Å²) >= 11 is 1.66. The third-order valence-electron chi connectivity index (χ3n) is 3.85. The lowest BCUT2D eigenvalue weighted by Crippen LogP contribution is -2.01. The predicted molar refractivity (Wildman–Crippen MR) is 76.2 cm³/mol. The molecule has 1 heterocycles. The highest BCUT2D eigenvalue weighted by atomic mass is 32.1. The standard InChI is InChI=1S/C16H18OS/c1-2-11-8-9-18-16(11)15(17)14-7-6-12-4-3-5-13(12)10-14/h6-10,15,17H,2-5H2,1H3. The molecule has 1 unspecified atom stereocenters. The molecule has 0 bridgehead atoms. The Labute approximate surface area is 112 Å². The van der Waals surface area contributed by atoms with E-state index in [4.69, 9.17) is 0 Å². The first-order valence-corrected chi connectivity index (χ1v) is 7.53. The van der Waals surface area contributed by atoms with Gasteiger partial charge in [0.1, 0.15) is 6.10 Å². The molecule has 1 nitrogen and oxygen atoms in total. The molecule has 0 fully saturated rings. The first kappa shape index (κ1) is 11.9. The third kappa shape index (κ3) is 2.00. The quantitative estimate of drug-likeness (QED) is 0.885. The van der Waals surface area contributed by atoms with Crippen LogP contribution < -0.4 is 0 Å². The van der Waals surface area contributed by atoms with Crippen LogP contribution in [0.25, 0.3) is 0 Å². The first-order chi connectivity index (χ1) is 8.79. The number of aryl methyl sites for hydroxylation is 3. The normalized spacial score (nSPS) is 15.7. The molecule has 0 aliphatic heterocycles. The number of rotatable bonds is 3. The Morgan fingerprint density at radius 2 is 2.06 bits per heavy atom.